The first-order chi connectivity index (χ1) is 12.6. The molecule has 2 bridgehead atoms. The van der Waals surface area contributed by atoms with Gasteiger partial charge in [-0.05, 0) is 43.2 Å². The quantitative estimate of drug-likeness (QED) is 0.837. The van der Waals surface area contributed by atoms with Crippen LogP contribution in [0.1, 0.15) is 19.3 Å². The lowest BCUT2D eigenvalue weighted by Gasteiger charge is -2.36. The normalized spacial score (nSPS) is 30.5. The van der Waals surface area contributed by atoms with E-state index in [2.05, 4.69) is 22.3 Å². The second kappa shape index (κ2) is 7.27. The Bertz CT molecular complexity index is 655. The molecule has 1 saturated heterocycles. The summed E-state index contributed by atoms with van der Waals surface area (Å²) in [5.74, 6) is 0.789. The molecule has 6 heteroatoms. The van der Waals surface area contributed by atoms with Crippen LogP contribution in [-0.2, 0) is 9.59 Å². The lowest BCUT2D eigenvalue weighted by molar-refractivity contribution is -0.134. The van der Waals surface area contributed by atoms with Crippen molar-refractivity contribution in [2.24, 2.45) is 23.5 Å². The summed E-state index contributed by atoms with van der Waals surface area (Å²) >= 11 is 0. The van der Waals surface area contributed by atoms with Gasteiger partial charge in [-0.25, -0.2) is 0 Å². The van der Waals surface area contributed by atoms with E-state index in [1.54, 1.807) is 0 Å². The van der Waals surface area contributed by atoms with Crippen LogP contribution in [0.3, 0.4) is 0 Å². The first-order valence-electron chi connectivity index (χ1n) is 9.74. The van der Waals surface area contributed by atoms with E-state index in [1.165, 1.54) is 5.69 Å². The fraction of sp³-hybridized carbons (Fsp3) is 0.600. The van der Waals surface area contributed by atoms with Crippen molar-refractivity contribution >= 4 is 17.5 Å². The number of hydrogen-bond donors (Lipinski definition) is 2. The third-order valence-electron chi connectivity index (χ3n) is 6.45. The summed E-state index contributed by atoms with van der Waals surface area (Å²) in [7, 11) is 0. The van der Waals surface area contributed by atoms with Gasteiger partial charge in [-0.2, -0.15) is 0 Å². The van der Waals surface area contributed by atoms with E-state index in [4.69, 9.17) is 5.73 Å². The lowest BCUT2D eigenvalue weighted by Crippen LogP contribution is -2.52. The summed E-state index contributed by atoms with van der Waals surface area (Å²) in [6.45, 7) is 3.11. The van der Waals surface area contributed by atoms with Crippen LogP contribution in [0.25, 0.3) is 0 Å². The number of benzene rings is 1. The Balaban J connectivity index is 1.24. The molecule has 140 valence electrons. The molecule has 2 aliphatic carbocycles. The van der Waals surface area contributed by atoms with E-state index in [-0.39, 0.29) is 30.3 Å². The molecule has 4 unspecified atom stereocenters. The molecule has 0 spiro atoms. The number of nitrogens with zero attached hydrogens (tertiary/aromatic N) is 2. The van der Waals surface area contributed by atoms with Gasteiger partial charge in [0.2, 0.25) is 11.8 Å². The van der Waals surface area contributed by atoms with Crippen molar-refractivity contribution in [3.63, 3.8) is 0 Å². The minimum Gasteiger partial charge on any atom is -0.368 e. The van der Waals surface area contributed by atoms with Gasteiger partial charge in [-0.15, -0.1) is 0 Å². The number of rotatable bonds is 4. The molecular weight excluding hydrogens is 328 g/mol. The summed E-state index contributed by atoms with van der Waals surface area (Å²) in [6.07, 6.45) is 3.33. The molecule has 1 aromatic rings. The molecule has 3 fully saturated rings. The molecule has 1 aromatic carbocycles. The van der Waals surface area contributed by atoms with Gasteiger partial charge in [0.05, 0.1) is 12.5 Å². The van der Waals surface area contributed by atoms with Crippen LogP contribution in [0.4, 0.5) is 5.69 Å². The smallest absolute Gasteiger partial charge is 0.242 e. The number of carbonyl (C=O) groups is 2. The standard InChI is InChI=1S/C20H28N4O2/c21-19-15-7-6-14(12-15)18(19)20(26)22-13-17(25)24-10-8-23(9-11-24)16-4-2-1-3-5-16/h1-5,14-15,18-19H,6-13,21H2,(H,22,26). The average molecular weight is 356 g/mol. The number of anilines is 1. The fourth-order valence-corrected chi connectivity index (χ4v) is 4.97. The number of nitrogens with two attached hydrogens (primary N) is 1. The maximum atomic E-state index is 12.5. The third-order valence-corrected chi connectivity index (χ3v) is 6.45. The van der Waals surface area contributed by atoms with Crippen LogP contribution < -0.4 is 16.0 Å². The second-order valence-electron chi connectivity index (χ2n) is 7.86. The van der Waals surface area contributed by atoms with Crippen LogP contribution in [0, 0.1) is 17.8 Å². The molecular formula is C20H28N4O2. The van der Waals surface area contributed by atoms with Crippen molar-refractivity contribution in [2.45, 2.75) is 25.3 Å². The average Bonchev–Trinajstić information content (AvgIpc) is 3.28. The molecule has 0 radical (unpaired) electrons. The molecule has 4 atom stereocenters. The van der Waals surface area contributed by atoms with E-state index < -0.39 is 0 Å². The number of nitrogens with one attached hydrogen (secondary N) is 1. The van der Waals surface area contributed by atoms with Crippen LogP contribution >= 0.6 is 0 Å². The number of fused-ring (bicyclic) bond motifs is 2. The van der Waals surface area contributed by atoms with Gasteiger partial charge >= 0.3 is 0 Å². The molecule has 2 amide bonds. The van der Waals surface area contributed by atoms with Crippen molar-refractivity contribution in [3.8, 4) is 0 Å². The predicted octanol–water partition coefficient (Wildman–Crippen LogP) is 0.825. The van der Waals surface area contributed by atoms with Gasteiger partial charge in [0.25, 0.3) is 0 Å². The Morgan fingerprint density at radius 3 is 2.38 bits per heavy atom. The number of amides is 2. The molecule has 3 aliphatic rings. The first-order valence-corrected chi connectivity index (χ1v) is 9.74. The maximum Gasteiger partial charge on any atom is 0.242 e. The largest absolute Gasteiger partial charge is 0.368 e. The Labute approximate surface area is 154 Å². The Morgan fingerprint density at radius 1 is 1.04 bits per heavy atom. The SMILES string of the molecule is NC1C2CCC(C2)C1C(=O)NCC(=O)N1CCN(c2ccccc2)CC1. The molecule has 6 nitrogen and oxygen atoms in total. The van der Waals surface area contributed by atoms with Crippen molar-refractivity contribution in [3.05, 3.63) is 30.3 Å². The summed E-state index contributed by atoms with van der Waals surface area (Å²) in [6, 6.07) is 10.2. The fourth-order valence-electron chi connectivity index (χ4n) is 4.97. The first kappa shape index (κ1) is 17.3. The summed E-state index contributed by atoms with van der Waals surface area (Å²) in [4.78, 5) is 29.1. The minimum atomic E-state index is -0.100. The zero-order chi connectivity index (χ0) is 18.1. The highest BCUT2D eigenvalue weighted by Crippen LogP contribution is 2.47. The second-order valence-corrected chi connectivity index (χ2v) is 7.86. The van der Waals surface area contributed by atoms with Crippen LogP contribution in [-0.4, -0.2) is 55.5 Å². The van der Waals surface area contributed by atoms with E-state index >= 15 is 0 Å². The Morgan fingerprint density at radius 2 is 1.73 bits per heavy atom. The van der Waals surface area contributed by atoms with Crippen LogP contribution in [0.15, 0.2) is 30.3 Å². The van der Waals surface area contributed by atoms with Gasteiger partial charge < -0.3 is 20.9 Å². The molecule has 0 aromatic heterocycles. The summed E-state index contributed by atoms with van der Waals surface area (Å²) in [5, 5.41) is 2.86. The number of carbonyl (C=O) groups excluding carboxylic acids is 2. The van der Waals surface area contributed by atoms with Crippen molar-refractivity contribution in [1.82, 2.24) is 10.2 Å². The van der Waals surface area contributed by atoms with Crippen molar-refractivity contribution in [2.75, 3.05) is 37.6 Å². The van der Waals surface area contributed by atoms with E-state index in [0.29, 0.717) is 24.9 Å². The molecule has 1 heterocycles. The third kappa shape index (κ3) is 3.30. The zero-order valence-corrected chi connectivity index (χ0v) is 15.1. The molecule has 2 saturated carbocycles. The Kier molecular flexibility index (Phi) is 4.85. The van der Waals surface area contributed by atoms with Crippen LogP contribution in [0.2, 0.25) is 0 Å². The van der Waals surface area contributed by atoms with Crippen molar-refractivity contribution in [1.29, 1.82) is 0 Å². The number of hydrogen-bond acceptors (Lipinski definition) is 4. The minimum absolute atomic E-state index is 0.00258. The van der Waals surface area contributed by atoms with Gasteiger partial charge in [0, 0.05) is 37.9 Å². The van der Waals surface area contributed by atoms with Gasteiger partial charge in [-0.3, -0.25) is 9.59 Å². The number of para-hydroxylation sites is 1. The molecule has 4 rings (SSSR count). The van der Waals surface area contributed by atoms with E-state index in [0.717, 1.165) is 32.4 Å². The monoisotopic (exact) mass is 356 g/mol. The maximum absolute atomic E-state index is 12.5. The Hall–Kier alpha value is -2.08. The lowest BCUT2D eigenvalue weighted by atomic mass is 9.84. The highest BCUT2D eigenvalue weighted by Gasteiger charge is 2.49. The molecule has 26 heavy (non-hydrogen) atoms. The van der Waals surface area contributed by atoms with Gasteiger partial charge in [0.1, 0.15) is 0 Å². The summed E-state index contributed by atoms with van der Waals surface area (Å²) < 4.78 is 0. The topological polar surface area (TPSA) is 78.7 Å². The predicted molar refractivity (Wildman–Crippen MR) is 101 cm³/mol. The van der Waals surface area contributed by atoms with E-state index in [9.17, 15) is 9.59 Å². The van der Waals surface area contributed by atoms with Crippen LogP contribution in [0.5, 0.6) is 0 Å². The molecule has 3 N–H and O–H groups in total. The van der Waals surface area contributed by atoms with Gasteiger partial charge in [0.15, 0.2) is 0 Å². The zero-order valence-electron chi connectivity index (χ0n) is 15.1. The highest BCUT2D eigenvalue weighted by atomic mass is 16.2. The molecule has 1 aliphatic heterocycles. The summed E-state index contributed by atoms with van der Waals surface area (Å²) in [5.41, 5.74) is 7.42. The number of piperazine rings is 1. The highest BCUT2D eigenvalue weighted by molar-refractivity contribution is 5.86. The van der Waals surface area contributed by atoms with Gasteiger partial charge in [-0.1, -0.05) is 18.2 Å². The van der Waals surface area contributed by atoms with Crippen molar-refractivity contribution < 1.29 is 9.59 Å². The van der Waals surface area contributed by atoms with E-state index in [1.807, 2.05) is 23.1 Å².